The summed E-state index contributed by atoms with van der Waals surface area (Å²) in [7, 11) is 0. The first-order chi connectivity index (χ1) is 7.63. The lowest BCUT2D eigenvalue weighted by Crippen LogP contribution is -2.38. The van der Waals surface area contributed by atoms with Crippen molar-refractivity contribution in [3.63, 3.8) is 0 Å². The van der Waals surface area contributed by atoms with Crippen LogP contribution in [-0.2, 0) is 14.3 Å². The highest BCUT2D eigenvalue weighted by Crippen LogP contribution is 2.18. The molecular weight excluding hydrogens is 212 g/mol. The fraction of sp³-hybridized carbons (Fsp3) is 0.800. The number of rotatable bonds is 6. The number of aliphatic carboxylic acids is 1. The number of likely N-dealkylation sites (N-methyl/N-ethyl adjacent to an activating group) is 1. The lowest BCUT2D eigenvalue weighted by Gasteiger charge is -2.12. The molecule has 1 fully saturated rings. The van der Waals surface area contributed by atoms with Gasteiger partial charge in [0.1, 0.15) is 0 Å². The summed E-state index contributed by atoms with van der Waals surface area (Å²) in [6.07, 6.45) is 0.309. The monoisotopic (exact) mass is 230 g/mol. The minimum atomic E-state index is -0.929. The molecule has 1 saturated heterocycles. The smallest absolute Gasteiger partial charge is 0.332 e. The molecule has 3 N–H and O–H groups in total. The molecule has 1 rings (SSSR count). The van der Waals surface area contributed by atoms with Crippen molar-refractivity contribution in [2.45, 2.75) is 32.0 Å². The maximum absolute atomic E-state index is 11.2. The SMILES string of the molecule is CCNCC(=O)NCC1CCC(C(=O)O)O1. The van der Waals surface area contributed by atoms with Crippen molar-refractivity contribution in [3.8, 4) is 0 Å². The van der Waals surface area contributed by atoms with Gasteiger partial charge < -0.3 is 20.5 Å². The van der Waals surface area contributed by atoms with Gasteiger partial charge in [-0.15, -0.1) is 0 Å². The second kappa shape index (κ2) is 6.44. The van der Waals surface area contributed by atoms with Gasteiger partial charge in [-0.2, -0.15) is 0 Å². The van der Waals surface area contributed by atoms with E-state index >= 15 is 0 Å². The molecule has 2 atom stereocenters. The van der Waals surface area contributed by atoms with Gasteiger partial charge in [-0.1, -0.05) is 6.92 Å². The molecule has 1 heterocycles. The maximum Gasteiger partial charge on any atom is 0.332 e. The summed E-state index contributed by atoms with van der Waals surface area (Å²) in [6, 6.07) is 0. The maximum atomic E-state index is 11.2. The van der Waals surface area contributed by atoms with Crippen LogP contribution in [0, 0.1) is 0 Å². The molecule has 0 aromatic heterocycles. The Morgan fingerprint density at radius 3 is 2.75 bits per heavy atom. The van der Waals surface area contributed by atoms with E-state index in [-0.39, 0.29) is 18.6 Å². The Hall–Kier alpha value is -1.14. The highest BCUT2D eigenvalue weighted by Gasteiger charge is 2.30. The van der Waals surface area contributed by atoms with Crippen LogP contribution in [0.5, 0.6) is 0 Å². The highest BCUT2D eigenvalue weighted by molar-refractivity contribution is 5.78. The lowest BCUT2D eigenvalue weighted by molar-refractivity contribution is -0.149. The van der Waals surface area contributed by atoms with E-state index in [0.717, 1.165) is 6.54 Å². The largest absolute Gasteiger partial charge is 0.479 e. The average Bonchev–Trinajstić information content (AvgIpc) is 2.72. The number of carboxylic acid groups (broad SMARTS) is 1. The van der Waals surface area contributed by atoms with E-state index in [9.17, 15) is 9.59 Å². The lowest BCUT2D eigenvalue weighted by atomic mass is 10.2. The van der Waals surface area contributed by atoms with Gasteiger partial charge in [-0.05, 0) is 19.4 Å². The molecule has 0 spiro atoms. The van der Waals surface area contributed by atoms with Crippen LogP contribution in [-0.4, -0.2) is 48.8 Å². The normalized spacial score (nSPS) is 24.3. The average molecular weight is 230 g/mol. The Bertz CT molecular complexity index is 257. The minimum absolute atomic E-state index is 0.0933. The molecule has 1 aliphatic heterocycles. The van der Waals surface area contributed by atoms with Crippen molar-refractivity contribution >= 4 is 11.9 Å². The van der Waals surface area contributed by atoms with Crippen molar-refractivity contribution in [1.29, 1.82) is 0 Å². The molecule has 2 unspecified atom stereocenters. The van der Waals surface area contributed by atoms with Gasteiger partial charge in [-0.25, -0.2) is 4.79 Å². The number of amides is 1. The van der Waals surface area contributed by atoms with E-state index < -0.39 is 12.1 Å². The fourth-order valence-corrected chi connectivity index (χ4v) is 1.57. The molecule has 0 saturated carbocycles. The Morgan fingerprint density at radius 1 is 1.44 bits per heavy atom. The minimum Gasteiger partial charge on any atom is -0.479 e. The summed E-state index contributed by atoms with van der Waals surface area (Å²) in [5, 5.41) is 14.3. The van der Waals surface area contributed by atoms with Gasteiger partial charge >= 0.3 is 5.97 Å². The van der Waals surface area contributed by atoms with Gasteiger partial charge in [0.05, 0.1) is 12.6 Å². The van der Waals surface area contributed by atoms with Gasteiger partial charge in [0.2, 0.25) is 5.91 Å². The molecule has 0 aliphatic carbocycles. The van der Waals surface area contributed by atoms with Crippen LogP contribution < -0.4 is 10.6 Å². The third kappa shape index (κ3) is 4.16. The Labute approximate surface area is 94.3 Å². The number of carbonyl (C=O) groups is 2. The summed E-state index contributed by atoms with van der Waals surface area (Å²) < 4.78 is 5.24. The molecule has 16 heavy (non-hydrogen) atoms. The van der Waals surface area contributed by atoms with Crippen LogP contribution in [0.1, 0.15) is 19.8 Å². The van der Waals surface area contributed by atoms with Crippen LogP contribution in [0.3, 0.4) is 0 Å². The van der Waals surface area contributed by atoms with Crippen molar-refractivity contribution in [1.82, 2.24) is 10.6 Å². The standard InChI is InChI=1S/C10H18N2O4/c1-2-11-6-9(13)12-5-7-3-4-8(16-7)10(14)15/h7-8,11H,2-6H2,1H3,(H,12,13)(H,14,15). The van der Waals surface area contributed by atoms with Crippen LogP contribution in [0.2, 0.25) is 0 Å². The molecule has 0 aromatic carbocycles. The fourth-order valence-electron chi connectivity index (χ4n) is 1.57. The number of hydrogen-bond donors (Lipinski definition) is 3. The Kier molecular flexibility index (Phi) is 5.21. The van der Waals surface area contributed by atoms with Crippen LogP contribution in [0.4, 0.5) is 0 Å². The van der Waals surface area contributed by atoms with Gasteiger partial charge in [-0.3, -0.25) is 4.79 Å². The summed E-state index contributed by atoms with van der Waals surface area (Å²) in [5.41, 5.74) is 0. The second-order valence-electron chi connectivity index (χ2n) is 3.75. The van der Waals surface area contributed by atoms with Crippen LogP contribution in [0.15, 0.2) is 0 Å². The number of carbonyl (C=O) groups excluding carboxylic acids is 1. The highest BCUT2D eigenvalue weighted by atomic mass is 16.5. The zero-order chi connectivity index (χ0) is 12.0. The van der Waals surface area contributed by atoms with E-state index in [1.54, 1.807) is 0 Å². The van der Waals surface area contributed by atoms with E-state index in [2.05, 4.69) is 10.6 Å². The molecule has 0 bridgehead atoms. The quantitative estimate of drug-likeness (QED) is 0.564. The molecule has 1 aliphatic rings. The molecule has 6 nitrogen and oxygen atoms in total. The predicted molar refractivity (Wildman–Crippen MR) is 57.1 cm³/mol. The van der Waals surface area contributed by atoms with E-state index in [4.69, 9.17) is 9.84 Å². The van der Waals surface area contributed by atoms with Gasteiger partial charge in [0.25, 0.3) is 0 Å². The van der Waals surface area contributed by atoms with E-state index in [1.165, 1.54) is 0 Å². The van der Waals surface area contributed by atoms with Crippen LogP contribution in [0.25, 0.3) is 0 Å². The Morgan fingerprint density at radius 2 is 2.19 bits per heavy atom. The van der Waals surface area contributed by atoms with Crippen molar-refractivity contribution in [2.24, 2.45) is 0 Å². The first-order valence-electron chi connectivity index (χ1n) is 5.49. The zero-order valence-electron chi connectivity index (χ0n) is 9.36. The predicted octanol–water partition coefficient (Wildman–Crippen LogP) is -0.656. The number of carboxylic acids is 1. The van der Waals surface area contributed by atoms with Crippen LogP contribution >= 0.6 is 0 Å². The number of ether oxygens (including phenoxy) is 1. The van der Waals surface area contributed by atoms with E-state index in [0.29, 0.717) is 19.4 Å². The van der Waals surface area contributed by atoms with E-state index in [1.807, 2.05) is 6.92 Å². The molecule has 6 heteroatoms. The summed E-state index contributed by atoms with van der Waals surface area (Å²) in [6.45, 7) is 3.33. The summed E-state index contributed by atoms with van der Waals surface area (Å²) in [5.74, 6) is -1.02. The second-order valence-corrected chi connectivity index (χ2v) is 3.75. The third-order valence-corrected chi connectivity index (χ3v) is 2.45. The summed E-state index contributed by atoms with van der Waals surface area (Å²) >= 11 is 0. The van der Waals surface area contributed by atoms with Gasteiger partial charge in [0, 0.05) is 6.54 Å². The zero-order valence-corrected chi connectivity index (χ0v) is 9.36. The molecule has 1 amide bonds. The Balaban J connectivity index is 2.15. The van der Waals surface area contributed by atoms with Gasteiger partial charge in [0.15, 0.2) is 6.10 Å². The van der Waals surface area contributed by atoms with Crippen molar-refractivity contribution < 1.29 is 19.4 Å². The molecule has 92 valence electrons. The molecule has 0 radical (unpaired) electrons. The first-order valence-corrected chi connectivity index (χ1v) is 5.49. The molecular formula is C10H18N2O4. The molecule has 0 aromatic rings. The summed E-state index contributed by atoms with van der Waals surface area (Å²) in [4.78, 5) is 21.8. The topological polar surface area (TPSA) is 87.7 Å². The number of hydrogen-bond acceptors (Lipinski definition) is 4. The van der Waals surface area contributed by atoms with Crippen molar-refractivity contribution in [2.75, 3.05) is 19.6 Å². The van der Waals surface area contributed by atoms with Crippen molar-refractivity contribution in [3.05, 3.63) is 0 Å². The third-order valence-electron chi connectivity index (χ3n) is 2.45. The number of nitrogens with one attached hydrogen (secondary N) is 2. The first kappa shape index (κ1) is 12.9.